The highest BCUT2D eigenvalue weighted by Crippen LogP contribution is 2.21. The van der Waals surface area contributed by atoms with Gasteiger partial charge in [-0.15, -0.1) is 0 Å². The highest BCUT2D eigenvalue weighted by atomic mass is 19.2. The van der Waals surface area contributed by atoms with E-state index in [0.29, 0.717) is 35.9 Å². The van der Waals surface area contributed by atoms with Crippen LogP contribution in [0.3, 0.4) is 0 Å². The van der Waals surface area contributed by atoms with Crippen molar-refractivity contribution in [3.05, 3.63) is 65.2 Å². The van der Waals surface area contributed by atoms with Crippen molar-refractivity contribution in [3.63, 3.8) is 0 Å². The summed E-state index contributed by atoms with van der Waals surface area (Å²) < 4.78 is 42.7. The number of carbonyl (C=O) groups excluding carboxylic acids is 1. The number of hydrogen-bond acceptors (Lipinski definition) is 2. The van der Waals surface area contributed by atoms with Crippen LogP contribution >= 0.6 is 0 Å². The van der Waals surface area contributed by atoms with Gasteiger partial charge in [-0.1, -0.05) is 20.8 Å². The van der Waals surface area contributed by atoms with Crippen LogP contribution in [0.1, 0.15) is 49.8 Å². The van der Waals surface area contributed by atoms with Gasteiger partial charge in [-0.3, -0.25) is 4.79 Å². The van der Waals surface area contributed by atoms with E-state index in [9.17, 15) is 18.0 Å². The van der Waals surface area contributed by atoms with Crippen LogP contribution in [0.25, 0.3) is 11.0 Å². The summed E-state index contributed by atoms with van der Waals surface area (Å²) >= 11 is 0. The summed E-state index contributed by atoms with van der Waals surface area (Å²) in [5.41, 5.74) is 1.42. The summed E-state index contributed by atoms with van der Waals surface area (Å²) in [6.45, 7) is 7.38. The van der Waals surface area contributed by atoms with Crippen molar-refractivity contribution in [1.29, 1.82) is 0 Å². The minimum atomic E-state index is -1.06. The number of rotatable bonds is 8. The molecule has 0 atom stereocenters. The van der Waals surface area contributed by atoms with E-state index in [2.05, 4.69) is 18.8 Å². The Kier molecular flexibility index (Phi) is 6.80. The summed E-state index contributed by atoms with van der Waals surface area (Å²) in [6.07, 6.45) is 1.57. The van der Waals surface area contributed by atoms with Crippen molar-refractivity contribution in [3.8, 4) is 0 Å². The first-order valence-corrected chi connectivity index (χ1v) is 10.2. The largest absolute Gasteiger partial charge is 0.331 e. The van der Waals surface area contributed by atoms with E-state index in [-0.39, 0.29) is 17.9 Å². The van der Waals surface area contributed by atoms with Crippen molar-refractivity contribution >= 4 is 16.9 Å². The predicted molar refractivity (Wildman–Crippen MR) is 111 cm³/mol. The molecule has 0 aliphatic carbocycles. The molecule has 0 N–H and O–H groups in total. The lowest BCUT2D eigenvalue weighted by Gasteiger charge is -2.24. The fourth-order valence-corrected chi connectivity index (χ4v) is 3.39. The fraction of sp³-hybridized carbons (Fsp3) is 0.391. The second-order valence-electron chi connectivity index (χ2n) is 7.85. The van der Waals surface area contributed by atoms with E-state index >= 15 is 0 Å². The highest BCUT2D eigenvalue weighted by Gasteiger charge is 2.21. The lowest BCUT2D eigenvalue weighted by atomic mass is 10.1. The Hall–Kier alpha value is -2.83. The van der Waals surface area contributed by atoms with E-state index in [0.717, 1.165) is 25.0 Å². The van der Waals surface area contributed by atoms with Gasteiger partial charge < -0.3 is 9.47 Å². The van der Waals surface area contributed by atoms with E-state index in [1.807, 2.05) is 11.5 Å². The van der Waals surface area contributed by atoms with Gasteiger partial charge in [-0.05, 0) is 55.2 Å². The van der Waals surface area contributed by atoms with Crippen LogP contribution in [0.4, 0.5) is 13.2 Å². The van der Waals surface area contributed by atoms with Crippen molar-refractivity contribution in [2.24, 2.45) is 5.92 Å². The Balaban J connectivity index is 1.97. The first-order chi connectivity index (χ1) is 14.3. The minimum absolute atomic E-state index is 0.0850. The van der Waals surface area contributed by atoms with E-state index in [1.165, 1.54) is 18.2 Å². The van der Waals surface area contributed by atoms with Gasteiger partial charge in [0.25, 0.3) is 5.91 Å². The molecule has 0 aliphatic rings. The normalized spacial score (nSPS) is 11.4. The van der Waals surface area contributed by atoms with Gasteiger partial charge in [0.1, 0.15) is 11.6 Å². The SMILES string of the molecule is CCCn1c(CN(CCC(C)C)C(=O)c2ccc(F)c(F)c2)nc2ccc(F)cc21. The van der Waals surface area contributed by atoms with Crippen LogP contribution in [0.15, 0.2) is 36.4 Å². The monoisotopic (exact) mass is 417 g/mol. The van der Waals surface area contributed by atoms with Crippen LogP contribution in [0.2, 0.25) is 0 Å². The van der Waals surface area contributed by atoms with E-state index < -0.39 is 17.5 Å². The van der Waals surface area contributed by atoms with Crippen LogP contribution in [-0.2, 0) is 13.1 Å². The maximum atomic E-state index is 13.8. The maximum Gasteiger partial charge on any atom is 0.254 e. The second kappa shape index (κ2) is 9.32. The van der Waals surface area contributed by atoms with E-state index in [1.54, 1.807) is 11.0 Å². The van der Waals surface area contributed by atoms with Crippen molar-refractivity contribution in [2.75, 3.05) is 6.54 Å². The lowest BCUT2D eigenvalue weighted by Crippen LogP contribution is -2.33. The maximum absolute atomic E-state index is 13.8. The zero-order valence-corrected chi connectivity index (χ0v) is 17.5. The fourth-order valence-electron chi connectivity index (χ4n) is 3.39. The molecular weight excluding hydrogens is 391 g/mol. The summed E-state index contributed by atoms with van der Waals surface area (Å²) in [7, 11) is 0. The lowest BCUT2D eigenvalue weighted by molar-refractivity contribution is 0.0728. The molecule has 0 spiro atoms. The van der Waals surface area contributed by atoms with Crippen molar-refractivity contribution < 1.29 is 18.0 Å². The topological polar surface area (TPSA) is 38.1 Å². The number of aryl methyl sites for hydroxylation is 1. The minimum Gasteiger partial charge on any atom is -0.331 e. The highest BCUT2D eigenvalue weighted by molar-refractivity contribution is 5.94. The van der Waals surface area contributed by atoms with Gasteiger partial charge in [0.15, 0.2) is 11.6 Å². The van der Waals surface area contributed by atoms with Gasteiger partial charge in [0, 0.05) is 18.7 Å². The van der Waals surface area contributed by atoms with Crippen LogP contribution < -0.4 is 0 Å². The Morgan fingerprint density at radius 1 is 1.10 bits per heavy atom. The van der Waals surface area contributed by atoms with Gasteiger partial charge >= 0.3 is 0 Å². The molecule has 4 nitrogen and oxygen atoms in total. The molecule has 0 aliphatic heterocycles. The Morgan fingerprint density at radius 2 is 1.87 bits per heavy atom. The summed E-state index contributed by atoms with van der Waals surface area (Å²) in [5, 5.41) is 0. The number of aromatic nitrogens is 2. The van der Waals surface area contributed by atoms with Crippen LogP contribution in [-0.4, -0.2) is 26.9 Å². The first kappa shape index (κ1) is 21.9. The molecule has 1 aromatic heterocycles. The molecule has 0 radical (unpaired) electrons. The average molecular weight is 417 g/mol. The molecule has 0 bridgehead atoms. The van der Waals surface area contributed by atoms with Gasteiger partial charge in [-0.2, -0.15) is 0 Å². The molecule has 0 saturated carbocycles. The standard InChI is InChI=1S/C23H26F3N3O/c1-4-10-29-21-13-17(24)6-8-20(21)27-22(29)14-28(11-9-15(2)3)23(30)16-5-7-18(25)19(26)12-16/h5-8,12-13,15H,4,9-11,14H2,1-3H3. The van der Waals surface area contributed by atoms with Crippen molar-refractivity contribution in [1.82, 2.24) is 14.5 Å². The molecule has 30 heavy (non-hydrogen) atoms. The zero-order valence-electron chi connectivity index (χ0n) is 17.5. The number of halogens is 3. The third-order valence-corrected chi connectivity index (χ3v) is 5.00. The molecule has 2 aromatic carbocycles. The summed E-state index contributed by atoms with van der Waals surface area (Å²) in [4.78, 5) is 19.3. The predicted octanol–water partition coefficient (Wildman–Crippen LogP) is 5.55. The zero-order chi connectivity index (χ0) is 21.8. The molecule has 0 unspecified atom stereocenters. The molecule has 0 fully saturated rings. The number of hydrogen-bond donors (Lipinski definition) is 0. The molecule has 3 aromatic rings. The molecule has 1 amide bonds. The molecule has 3 rings (SSSR count). The van der Waals surface area contributed by atoms with Crippen molar-refractivity contribution in [2.45, 2.75) is 46.7 Å². The van der Waals surface area contributed by atoms with Crippen LogP contribution in [0.5, 0.6) is 0 Å². The third kappa shape index (κ3) is 4.83. The Labute approximate surface area is 174 Å². The third-order valence-electron chi connectivity index (χ3n) is 5.00. The smallest absolute Gasteiger partial charge is 0.254 e. The quantitative estimate of drug-likeness (QED) is 0.482. The number of amides is 1. The number of benzene rings is 2. The Bertz CT molecular complexity index is 1050. The molecule has 1 heterocycles. The summed E-state index contributed by atoms with van der Waals surface area (Å²) in [6, 6.07) is 7.59. The number of imidazole rings is 1. The average Bonchev–Trinajstić information content (AvgIpc) is 3.03. The number of fused-ring (bicyclic) bond motifs is 1. The molecule has 160 valence electrons. The second-order valence-corrected chi connectivity index (χ2v) is 7.85. The molecule has 0 saturated heterocycles. The number of nitrogens with zero attached hydrogens (tertiary/aromatic N) is 3. The Morgan fingerprint density at radius 3 is 2.53 bits per heavy atom. The molecular formula is C23H26F3N3O. The summed E-state index contributed by atoms with van der Waals surface area (Å²) in [5.74, 6) is -1.80. The van der Waals surface area contributed by atoms with E-state index in [4.69, 9.17) is 0 Å². The van der Waals surface area contributed by atoms with Gasteiger partial charge in [0.2, 0.25) is 0 Å². The first-order valence-electron chi connectivity index (χ1n) is 10.2. The van der Waals surface area contributed by atoms with Gasteiger partial charge in [-0.25, -0.2) is 18.2 Å². The van der Waals surface area contributed by atoms with Gasteiger partial charge in [0.05, 0.1) is 17.6 Å². The van der Waals surface area contributed by atoms with Crippen LogP contribution in [0, 0.1) is 23.4 Å². The molecule has 7 heteroatoms. The number of carbonyl (C=O) groups is 1.